The number of nitrogens with one attached hydrogen (secondary N) is 1. The summed E-state index contributed by atoms with van der Waals surface area (Å²) >= 11 is 0. The fraction of sp³-hybridized carbons (Fsp3) is 0.375. The highest BCUT2D eigenvalue weighted by Crippen LogP contribution is 2.32. The number of carbonyl (C=O) groups is 4. The lowest BCUT2D eigenvalue weighted by molar-refractivity contribution is -0.126. The van der Waals surface area contributed by atoms with Gasteiger partial charge in [-0.15, -0.1) is 0 Å². The van der Waals surface area contributed by atoms with Crippen LogP contribution in [0.2, 0.25) is 0 Å². The molecule has 1 aromatic rings. The van der Waals surface area contributed by atoms with Crippen molar-refractivity contribution in [1.29, 1.82) is 0 Å². The number of methoxy groups -OCH3 is 1. The number of esters is 1. The molecule has 1 aromatic carbocycles. The van der Waals surface area contributed by atoms with Crippen molar-refractivity contribution in [2.45, 2.75) is 31.3 Å². The highest BCUT2D eigenvalue weighted by atomic mass is 19.1. The van der Waals surface area contributed by atoms with Gasteiger partial charge >= 0.3 is 5.97 Å². The Labute approximate surface area is 136 Å². The van der Waals surface area contributed by atoms with Crippen molar-refractivity contribution >= 4 is 23.7 Å². The van der Waals surface area contributed by atoms with Crippen molar-refractivity contribution in [3.63, 3.8) is 0 Å². The van der Waals surface area contributed by atoms with Crippen LogP contribution < -0.4 is 5.32 Å². The van der Waals surface area contributed by atoms with Gasteiger partial charge in [-0.25, -0.2) is 9.18 Å². The van der Waals surface area contributed by atoms with Gasteiger partial charge < -0.3 is 9.64 Å². The van der Waals surface area contributed by atoms with E-state index in [-0.39, 0.29) is 23.6 Å². The third kappa shape index (κ3) is 2.86. The molecule has 1 heterocycles. The van der Waals surface area contributed by atoms with E-state index in [4.69, 9.17) is 0 Å². The van der Waals surface area contributed by atoms with Crippen LogP contribution in [0.1, 0.15) is 40.0 Å². The third-order valence-corrected chi connectivity index (χ3v) is 4.08. The Morgan fingerprint density at radius 2 is 2.00 bits per heavy atom. The summed E-state index contributed by atoms with van der Waals surface area (Å²) in [6.45, 7) is 0. The highest BCUT2D eigenvalue weighted by molar-refractivity contribution is 6.08. The van der Waals surface area contributed by atoms with Gasteiger partial charge in [-0.2, -0.15) is 0 Å². The number of ether oxygens (including phenoxy) is 1. The predicted molar refractivity (Wildman–Crippen MR) is 78.5 cm³/mol. The zero-order valence-electron chi connectivity index (χ0n) is 12.9. The Morgan fingerprint density at radius 3 is 2.50 bits per heavy atom. The number of amides is 3. The standard InChI is InChI=1S/C16H15FN2O5/c1-24-16(23)8-2-5-10(11(17)6-8)15(22)19(9-3-4-9)12-7-13(20)18-14(12)21/h2,5-6,9,12H,3-4,7H2,1H3,(H,18,20,21). The third-order valence-electron chi connectivity index (χ3n) is 4.08. The van der Waals surface area contributed by atoms with Gasteiger partial charge in [-0.3, -0.25) is 19.7 Å². The van der Waals surface area contributed by atoms with Gasteiger partial charge in [0.1, 0.15) is 11.9 Å². The molecule has 1 N–H and O–H groups in total. The highest BCUT2D eigenvalue weighted by Gasteiger charge is 2.45. The minimum absolute atomic E-state index is 0.0155. The average molecular weight is 334 g/mol. The van der Waals surface area contributed by atoms with Crippen LogP contribution in [0, 0.1) is 5.82 Å². The SMILES string of the molecule is COC(=O)c1ccc(C(=O)N(C2CC2)C2CC(=O)NC2=O)c(F)c1. The van der Waals surface area contributed by atoms with Crippen LogP contribution in [0.25, 0.3) is 0 Å². The Hall–Kier alpha value is -2.77. The number of nitrogens with zero attached hydrogens (tertiary/aromatic N) is 1. The summed E-state index contributed by atoms with van der Waals surface area (Å²) < 4.78 is 18.8. The molecule has 0 aromatic heterocycles. The van der Waals surface area contributed by atoms with Crippen molar-refractivity contribution in [3.05, 3.63) is 35.1 Å². The average Bonchev–Trinajstić information content (AvgIpc) is 3.32. The van der Waals surface area contributed by atoms with Crippen molar-refractivity contribution in [1.82, 2.24) is 10.2 Å². The van der Waals surface area contributed by atoms with Crippen molar-refractivity contribution < 1.29 is 28.3 Å². The van der Waals surface area contributed by atoms with E-state index in [2.05, 4.69) is 10.1 Å². The molecule has 2 aliphatic rings. The molecule has 1 aliphatic carbocycles. The molecule has 24 heavy (non-hydrogen) atoms. The molecule has 1 saturated heterocycles. The van der Waals surface area contributed by atoms with Crippen LogP contribution in [0.4, 0.5) is 4.39 Å². The Morgan fingerprint density at radius 1 is 1.29 bits per heavy atom. The molecule has 0 bridgehead atoms. The molecular formula is C16H15FN2O5. The molecule has 126 valence electrons. The molecule has 1 unspecified atom stereocenters. The molecule has 7 nitrogen and oxygen atoms in total. The molecule has 1 aliphatic heterocycles. The van der Waals surface area contributed by atoms with Gasteiger partial charge in [0, 0.05) is 6.04 Å². The molecule has 2 fully saturated rings. The maximum absolute atomic E-state index is 14.3. The maximum atomic E-state index is 14.3. The molecule has 1 atom stereocenters. The van der Waals surface area contributed by atoms with Crippen LogP contribution >= 0.6 is 0 Å². The Bertz CT molecular complexity index is 744. The van der Waals surface area contributed by atoms with E-state index in [9.17, 15) is 23.6 Å². The number of carbonyl (C=O) groups excluding carboxylic acids is 4. The summed E-state index contributed by atoms with van der Waals surface area (Å²) in [6, 6.07) is 2.29. The number of halogens is 1. The molecule has 3 amide bonds. The van der Waals surface area contributed by atoms with E-state index in [1.165, 1.54) is 24.1 Å². The van der Waals surface area contributed by atoms with Crippen LogP contribution in [0.3, 0.4) is 0 Å². The van der Waals surface area contributed by atoms with E-state index >= 15 is 0 Å². The van der Waals surface area contributed by atoms with Gasteiger partial charge in [0.05, 0.1) is 24.7 Å². The summed E-state index contributed by atoms with van der Waals surface area (Å²) in [4.78, 5) is 48.7. The quantitative estimate of drug-likeness (QED) is 0.644. The van der Waals surface area contributed by atoms with Crippen LogP contribution in [0.5, 0.6) is 0 Å². The number of hydrogen-bond donors (Lipinski definition) is 1. The van der Waals surface area contributed by atoms with Crippen molar-refractivity contribution in [2.24, 2.45) is 0 Å². The normalized spacial score (nSPS) is 19.8. The number of hydrogen-bond acceptors (Lipinski definition) is 5. The van der Waals surface area contributed by atoms with Crippen LogP contribution in [-0.2, 0) is 14.3 Å². The topological polar surface area (TPSA) is 92.8 Å². The summed E-state index contributed by atoms with van der Waals surface area (Å²) in [6.07, 6.45) is 1.28. The first-order valence-corrected chi connectivity index (χ1v) is 7.46. The van der Waals surface area contributed by atoms with Gasteiger partial charge in [0.25, 0.3) is 5.91 Å². The molecule has 1 saturated carbocycles. The summed E-state index contributed by atoms with van der Waals surface area (Å²) in [5, 5.41) is 2.16. The maximum Gasteiger partial charge on any atom is 0.337 e. The largest absolute Gasteiger partial charge is 0.465 e. The van der Waals surface area contributed by atoms with Gasteiger partial charge in [0.2, 0.25) is 11.8 Å². The zero-order chi connectivity index (χ0) is 17.4. The number of imide groups is 1. The fourth-order valence-electron chi connectivity index (χ4n) is 2.75. The van der Waals surface area contributed by atoms with E-state index in [1.807, 2.05) is 0 Å². The summed E-state index contributed by atoms with van der Waals surface area (Å²) in [7, 11) is 1.17. The molecule has 8 heteroatoms. The first kappa shape index (κ1) is 16.1. The monoisotopic (exact) mass is 334 g/mol. The van der Waals surface area contributed by atoms with Crippen molar-refractivity contribution in [3.8, 4) is 0 Å². The molecular weight excluding hydrogens is 319 g/mol. The van der Waals surface area contributed by atoms with E-state index in [0.717, 1.165) is 6.07 Å². The lowest BCUT2D eigenvalue weighted by atomic mass is 10.1. The van der Waals surface area contributed by atoms with Crippen molar-refractivity contribution in [2.75, 3.05) is 7.11 Å². The van der Waals surface area contributed by atoms with E-state index in [0.29, 0.717) is 12.8 Å². The molecule has 3 rings (SSSR count). The second-order valence-electron chi connectivity index (χ2n) is 5.76. The molecule has 0 spiro atoms. The van der Waals surface area contributed by atoms with Crippen LogP contribution in [0.15, 0.2) is 18.2 Å². The lowest BCUT2D eigenvalue weighted by Gasteiger charge is -2.27. The number of benzene rings is 1. The van der Waals surface area contributed by atoms with Gasteiger partial charge in [-0.05, 0) is 31.0 Å². The minimum Gasteiger partial charge on any atom is -0.465 e. The second kappa shape index (κ2) is 6.03. The summed E-state index contributed by atoms with van der Waals surface area (Å²) in [5.41, 5.74) is -0.264. The van der Waals surface area contributed by atoms with E-state index in [1.54, 1.807) is 0 Å². The molecule has 0 radical (unpaired) electrons. The first-order chi connectivity index (χ1) is 11.4. The fourth-order valence-corrected chi connectivity index (χ4v) is 2.75. The Balaban J connectivity index is 1.90. The Kier molecular flexibility index (Phi) is 4.04. The zero-order valence-corrected chi connectivity index (χ0v) is 12.9. The van der Waals surface area contributed by atoms with Gasteiger partial charge in [0.15, 0.2) is 0 Å². The lowest BCUT2D eigenvalue weighted by Crippen LogP contribution is -2.46. The van der Waals surface area contributed by atoms with Gasteiger partial charge in [-0.1, -0.05) is 0 Å². The second-order valence-corrected chi connectivity index (χ2v) is 5.76. The first-order valence-electron chi connectivity index (χ1n) is 7.46. The smallest absolute Gasteiger partial charge is 0.337 e. The van der Waals surface area contributed by atoms with Crippen LogP contribution in [-0.4, -0.2) is 47.8 Å². The summed E-state index contributed by atoms with van der Waals surface area (Å²) in [5.74, 6) is -3.26. The minimum atomic E-state index is -0.919. The van der Waals surface area contributed by atoms with E-state index < -0.39 is 35.5 Å². The predicted octanol–water partition coefficient (Wildman–Crippen LogP) is 0.632. The number of rotatable bonds is 4.